The second-order valence-electron chi connectivity index (χ2n) is 7.04. The number of aromatic amines is 1. The Hall–Kier alpha value is -2.93. The van der Waals surface area contributed by atoms with Crippen LogP contribution in [0.2, 0.25) is 0 Å². The number of H-pyrrole nitrogens is 1. The first-order valence-electron chi connectivity index (χ1n) is 9.66. The van der Waals surface area contributed by atoms with Gasteiger partial charge >= 0.3 is 0 Å². The van der Waals surface area contributed by atoms with Gasteiger partial charge in [-0.15, -0.1) is 0 Å². The molecule has 3 heteroatoms. The number of para-hydroxylation sites is 1. The van der Waals surface area contributed by atoms with Crippen LogP contribution >= 0.6 is 6.04 Å². The maximum absolute atomic E-state index is 6.66. The summed E-state index contributed by atoms with van der Waals surface area (Å²) in [5.74, 6) is 0. The number of hydrogen-bond acceptors (Lipinski definition) is 1. The van der Waals surface area contributed by atoms with E-state index in [1.54, 1.807) is 0 Å². The Morgan fingerprint density at radius 1 is 0.552 bits per heavy atom. The Bertz CT molecular complexity index is 1260. The van der Waals surface area contributed by atoms with E-state index in [1.165, 1.54) is 26.9 Å². The van der Waals surface area contributed by atoms with Crippen molar-refractivity contribution in [2.24, 2.45) is 0 Å². The molecule has 1 heterocycles. The van der Waals surface area contributed by atoms with Gasteiger partial charge in [-0.05, 0) is 22.2 Å². The van der Waals surface area contributed by atoms with E-state index in [4.69, 9.17) is 11.8 Å². The van der Waals surface area contributed by atoms with Gasteiger partial charge in [0.2, 0.25) is 0 Å². The lowest BCUT2D eigenvalue weighted by molar-refractivity contribution is 1.46. The molecule has 0 saturated carbocycles. The number of aromatic nitrogens is 1. The van der Waals surface area contributed by atoms with Crippen molar-refractivity contribution in [3.63, 3.8) is 0 Å². The quantitative estimate of drug-likeness (QED) is 0.383. The van der Waals surface area contributed by atoms with Gasteiger partial charge in [-0.25, -0.2) is 0 Å². The highest BCUT2D eigenvalue weighted by molar-refractivity contribution is 8.25. The molecule has 0 aliphatic heterocycles. The molecule has 0 atom stereocenters. The van der Waals surface area contributed by atoms with Crippen molar-refractivity contribution in [2.75, 3.05) is 0 Å². The monoisotopic (exact) mass is 409 g/mol. The molecule has 0 saturated heterocycles. The van der Waals surface area contributed by atoms with E-state index < -0.39 is 6.04 Å². The molecule has 0 fully saturated rings. The van der Waals surface area contributed by atoms with Gasteiger partial charge in [0, 0.05) is 22.2 Å². The summed E-state index contributed by atoms with van der Waals surface area (Å²) in [6.45, 7) is 0. The van der Waals surface area contributed by atoms with Crippen molar-refractivity contribution in [3.8, 4) is 11.3 Å². The molecule has 1 nitrogen and oxygen atoms in total. The number of benzene rings is 4. The van der Waals surface area contributed by atoms with E-state index in [9.17, 15) is 0 Å². The Labute approximate surface area is 176 Å². The lowest BCUT2D eigenvalue weighted by atomic mass is 10.1. The van der Waals surface area contributed by atoms with Gasteiger partial charge in [0.25, 0.3) is 0 Å². The molecule has 1 N–H and O–H groups in total. The predicted octanol–water partition coefficient (Wildman–Crippen LogP) is 5.59. The predicted molar refractivity (Wildman–Crippen MR) is 130 cm³/mol. The van der Waals surface area contributed by atoms with Crippen LogP contribution in [0, 0.1) is 0 Å². The fraction of sp³-hybridized carbons (Fsp3) is 0. The molecule has 5 rings (SSSR count). The molecule has 0 bridgehead atoms. The minimum atomic E-state index is -2.28. The standard InChI is InChI=1S/C26H20NPS/c29-28(21-14-6-2-7-15-21,22-16-8-3-9-17-22)26-23-18-10-11-19-24(23)27-25(26)20-12-4-1-5-13-20/h1-19,27H. The number of hydrogen-bond donors (Lipinski definition) is 1. The van der Waals surface area contributed by atoms with Gasteiger partial charge in [-0.3, -0.25) is 0 Å². The van der Waals surface area contributed by atoms with E-state index in [-0.39, 0.29) is 0 Å². The molecule has 1 aromatic heterocycles. The smallest absolute Gasteiger partial charge is 0.0557 e. The Morgan fingerprint density at radius 2 is 1.03 bits per heavy atom. The SMILES string of the molecule is S=P(c1ccccc1)(c1ccccc1)c1c(-c2ccccc2)[nH]c2ccccc12. The largest absolute Gasteiger partial charge is 0.354 e. The van der Waals surface area contributed by atoms with E-state index in [0.29, 0.717) is 0 Å². The van der Waals surface area contributed by atoms with Crippen molar-refractivity contribution in [2.45, 2.75) is 0 Å². The zero-order chi connectivity index (χ0) is 19.7. The number of fused-ring (bicyclic) bond motifs is 1. The van der Waals surface area contributed by atoms with Crippen molar-refractivity contribution < 1.29 is 0 Å². The van der Waals surface area contributed by atoms with Crippen LogP contribution < -0.4 is 15.9 Å². The minimum absolute atomic E-state index is 1.13. The van der Waals surface area contributed by atoms with Gasteiger partial charge in [0.15, 0.2) is 0 Å². The molecular formula is C26H20NPS. The van der Waals surface area contributed by atoms with E-state index in [2.05, 4.69) is 120 Å². The van der Waals surface area contributed by atoms with E-state index >= 15 is 0 Å². The second-order valence-corrected chi connectivity index (χ2v) is 11.4. The first kappa shape index (κ1) is 18.1. The molecule has 4 aromatic carbocycles. The molecule has 0 spiro atoms. The molecule has 0 unspecified atom stereocenters. The van der Waals surface area contributed by atoms with Crippen LogP contribution in [0.3, 0.4) is 0 Å². The van der Waals surface area contributed by atoms with Crippen molar-refractivity contribution in [1.29, 1.82) is 0 Å². The number of nitrogens with one attached hydrogen (secondary N) is 1. The summed E-state index contributed by atoms with van der Waals surface area (Å²) >= 11 is 6.66. The van der Waals surface area contributed by atoms with Crippen LogP contribution in [-0.4, -0.2) is 4.98 Å². The first-order valence-corrected chi connectivity index (χ1v) is 12.5. The molecule has 0 radical (unpaired) electrons. The summed E-state index contributed by atoms with van der Waals surface area (Å²) < 4.78 is 0. The Balaban J connectivity index is 1.92. The number of rotatable bonds is 4. The molecular weight excluding hydrogens is 389 g/mol. The van der Waals surface area contributed by atoms with Crippen molar-refractivity contribution in [1.82, 2.24) is 4.98 Å². The molecule has 5 aromatic rings. The van der Waals surface area contributed by atoms with Gasteiger partial charge in [0.1, 0.15) is 0 Å². The van der Waals surface area contributed by atoms with Crippen molar-refractivity contribution >= 4 is 44.7 Å². The normalized spacial score (nSPS) is 11.6. The van der Waals surface area contributed by atoms with E-state index in [1.807, 2.05) is 0 Å². The lowest BCUT2D eigenvalue weighted by Gasteiger charge is -2.25. The van der Waals surface area contributed by atoms with Crippen molar-refractivity contribution in [3.05, 3.63) is 115 Å². The van der Waals surface area contributed by atoms with Crippen LogP contribution in [0.5, 0.6) is 0 Å². The topological polar surface area (TPSA) is 15.8 Å². The van der Waals surface area contributed by atoms with Gasteiger partial charge in [-0.1, -0.05) is 121 Å². The highest BCUT2D eigenvalue weighted by Gasteiger charge is 2.31. The maximum atomic E-state index is 6.66. The lowest BCUT2D eigenvalue weighted by Crippen LogP contribution is -2.25. The Kier molecular flexibility index (Phi) is 4.67. The molecule has 140 valence electrons. The van der Waals surface area contributed by atoms with Gasteiger partial charge < -0.3 is 4.98 Å². The highest BCUT2D eigenvalue weighted by Crippen LogP contribution is 2.47. The van der Waals surface area contributed by atoms with Gasteiger partial charge in [0.05, 0.1) is 5.69 Å². The average molecular weight is 409 g/mol. The molecule has 29 heavy (non-hydrogen) atoms. The summed E-state index contributed by atoms with van der Waals surface area (Å²) in [5.41, 5.74) is 3.42. The molecule has 0 amide bonds. The first-order chi connectivity index (χ1) is 14.3. The van der Waals surface area contributed by atoms with E-state index in [0.717, 1.165) is 11.2 Å². The molecule has 0 aliphatic rings. The third-order valence-electron chi connectivity index (χ3n) is 5.30. The summed E-state index contributed by atoms with van der Waals surface area (Å²) in [5, 5.41) is 4.88. The van der Waals surface area contributed by atoms with Crippen LogP contribution in [0.15, 0.2) is 115 Å². The third-order valence-corrected chi connectivity index (χ3v) is 10.3. The average Bonchev–Trinajstić information content (AvgIpc) is 3.20. The fourth-order valence-electron chi connectivity index (χ4n) is 3.95. The van der Waals surface area contributed by atoms with Crippen LogP contribution in [-0.2, 0) is 11.8 Å². The second kappa shape index (κ2) is 7.48. The highest BCUT2D eigenvalue weighted by atomic mass is 32.4. The van der Waals surface area contributed by atoms with Crippen LogP contribution in [0.1, 0.15) is 0 Å². The zero-order valence-electron chi connectivity index (χ0n) is 15.8. The summed E-state index contributed by atoms with van der Waals surface area (Å²) in [7, 11) is 0. The molecule has 0 aliphatic carbocycles. The Morgan fingerprint density at radius 3 is 1.62 bits per heavy atom. The van der Waals surface area contributed by atoms with Crippen LogP contribution in [0.25, 0.3) is 22.2 Å². The van der Waals surface area contributed by atoms with Crippen LogP contribution in [0.4, 0.5) is 0 Å². The third kappa shape index (κ3) is 3.06. The zero-order valence-corrected chi connectivity index (χ0v) is 17.5. The minimum Gasteiger partial charge on any atom is -0.354 e. The fourth-order valence-corrected chi connectivity index (χ4v) is 8.28. The maximum Gasteiger partial charge on any atom is 0.0557 e. The van der Waals surface area contributed by atoms with Gasteiger partial charge in [-0.2, -0.15) is 0 Å². The summed E-state index contributed by atoms with van der Waals surface area (Å²) in [6.07, 6.45) is 0. The summed E-state index contributed by atoms with van der Waals surface area (Å²) in [4.78, 5) is 3.69. The summed E-state index contributed by atoms with van der Waals surface area (Å²) in [6, 6.07) is 38.0.